The Balaban J connectivity index is 1.78. The summed E-state index contributed by atoms with van der Waals surface area (Å²) in [7, 11) is 0. The van der Waals surface area contributed by atoms with E-state index in [-0.39, 0.29) is 28.0 Å². The average Bonchev–Trinajstić information content (AvgIpc) is 2.77. The van der Waals surface area contributed by atoms with E-state index < -0.39 is 60.5 Å². The summed E-state index contributed by atoms with van der Waals surface area (Å²) < 4.78 is 11.2. The summed E-state index contributed by atoms with van der Waals surface area (Å²) in [5, 5.41) is 42.9. The van der Waals surface area contributed by atoms with Gasteiger partial charge in [-0.25, -0.2) is 0 Å². The number of amides is 1. The van der Waals surface area contributed by atoms with Crippen molar-refractivity contribution in [2.45, 2.75) is 37.6 Å². The number of carbonyl (C=O) groups excluding carboxylic acids is 3. The van der Waals surface area contributed by atoms with Gasteiger partial charge in [0, 0.05) is 23.6 Å². The van der Waals surface area contributed by atoms with Gasteiger partial charge in [0.15, 0.2) is 23.1 Å². The first-order valence-corrected chi connectivity index (χ1v) is 9.85. The molecule has 5 N–H and O–H groups in total. The highest BCUT2D eigenvalue weighted by Crippen LogP contribution is 2.40. The van der Waals surface area contributed by atoms with E-state index in [0.29, 0.717) is 0 Å². The minimum absolute atomic E-state index is 0.00711. The molecule has 32 heavy (non-hydrogen) atoms. The van der Waals surface area contributed by atoms with E-state index >= 15 is 0 Å². The van der Waals surface area contributed by atoms with Gasteiger partial charge in [0.05, 0.1) is 12.2 Å². The van der Waals surface area contributed by atoms with Crippen molar-refractivity contribution in [1.29, 1.82) is 0 Å². The SMILES string of the molecule is CC(=O)N[C@H]1[C@H](Oc2c(O)ccc3c2C(=O)c2ccccc2C3=O)O[C@H](CO)[C@@H](O)[C@@H]1O. The molecule has 2 aromatic rings. The number of carbonyl (C=O) groups is 3. The van der Waals surface area contributed by atoms with E-state index in [1.54, 1.807) is 12.1 Å². The van der Waals surface area contributed by atoms with Crippen LogP contribution in [0.25, 0.3) is 0 Å². The second kappa shape index (κ2) is 8.32. The van der Waals surface area contributed by atoms with Crippen molar-refractivity contribution in [1.82, 2.24) is 5.32 Å². The highest BCUT2D eigenvalue weighted by molar-refractivity contribution is 6.29. The van der Waals surface area contributed by atoms with Gasteiger partial charge in [-0.05, 0) is 12.1 Å². The summed E-state index contributed by atoms with van der Waals surface area (Å²) in [5.41, 5.74) is 0.158. The van der Waals surface area contributed by atoms with Crippen LogP contribution in [-0.4, -0.2) is 75.2 Å². The van der Waals surface area contributed by atoms with Crippen molar-refractivity contribution in [2.75, 3.05) is 6.61 Å². The molecule has 1 aliphatic heterocycles. The van der Waals surface area contributed by atoms with E-state index in [0.717, 1.165) is 0 Å². The number of rotatable bonds is 4. The lowest BCUT2D eigenvalue weighted by atomic mass is 9.83. The third-order valence-corrected chi connectivity index (χ3v) is 5.51. The lowest BCUT2D eigenvalue weighted by Crippen LogP contribution is -2.65. The largest absolute Gasteiger partial charge is 0.504 e. The van der Waals surface area contributed by atoms with Gasteiger partial charge in [-0.2, -0.15) is 0 Å². The molecular formula is C22H21NO9. The average molecular weight is 443 g/mol. The number of ether oxygens (including phenoxy) is 2. The smallest absolute Gasteiger partial charge is 0.223 e. The Morgan fingerprint density at radius 1 is 1.03 bits per heavy atom. The first kappa shape index (κ1) is 21.9. The van der Waals surface area contributed by atoms with Crippen LogP contribution in [0.2, 0.25) is 0 Å². The number of benzene rings is 2. The maximum atomic E-state index is 13.2. The Labute approximate surface area is 182 Å². The molecule has 1 amide bonds. The first-order valence-electron chi connectivity index (χ1n) is 9.85. The number of fused-ring (bicyclic) bond motifs is 2. The molecule has 5 atom stereocenters. The number of aromatic hydroxyl groups is 1. The number of aliphatic hydroxyl groups excluding tert-OH is 3. The molecule has 0 bridgehead atoms. The molecule has 4 rings (SSSR count). The molecule has 1 heterocycles. The van der Waals surface area contributed by atoms with Crippen LogP contribution in [0.15, 0.2) is 36.4 Å². The quantitative estimate of drug-likeness (QED) is 0.357. The molecule has 10 heteroatoms. The van der Waals surface area contributed by atoms with Crippen molar-refractivity contribution in [3.8, 4) is 11.5 Å². The second-order valence-corrected chi connectivity index (χ2v) is 7.59. The number of nitrogens with one attached hydrogen (secondary N) is 1. The van der Waals surface area contributed by atoms with E-state index in [9.17, 15) is 34.8 Å². The van der Waals surface area contributed by atoms with Gasteiger partial charge in [-0.15, -0.1) is 0 Å². The maximum Gasteiger partial charge on any atom is 0.223 e. The first-order chi connectivity index (χ1) is 15.2. The zero-order valence-corrected chi connectivity index (χ0v) is 16.9. The minimum atomic E-state index is -1.59. The molecule has 2 aromatic carbocycles. The third-order valence-electron chi connectivity index (χ3n) is 5.51. The fourth-order valence-electron chi connectivity index (χ4n) is 3.95. The van der Waals surface area contributed by atoms with Crippen LogP contribution < -0.4 is 10.1 Å². The summed E-state index contributed by atoms with van der Waals surface area (Å²) >= 11 is 0. The number of hydrogen-bond acceptors (Lipinski definition) is 9. The van der Waals surface area contributed by atoms with Gasteiger partial charge in [-0.3, -0.25) is 14.4 Å². The van der Waals surface area contributed by atoms with Crippen molar-refractivity contribution in [3.05, 3.63) is 58.7 Å². The summed E-state index contributed by atoms with van der Waals surface area (Å²) in [4.78, 5) is 37.7. The topological polar surface area (TPSA) is 163 Å². The van der Waals surface area contributed by atoms with Crippen molar-refractivity contribution in [3.63, 3.8) is 0 Å². The highest BCUT2D eigenvalue weighted by atomic mass is 16.7. The van der Waals surface area contributed by atoms with Crippen LogP contribution in [0.3, 0.4) is 0 Å². The van der Waals surface area contributed by atoms with Crippen LogP contribution in [-0.2, 0) is 9.53 Å². The summed E-state index contributed by atoms with van der Waals surface area (Å²) in [6, 6.07) is 7.40. The molecule has 0 radical (unpaired) electrons. The van der Waals surface area contributed by atoms with Gasteiger partial charge < -0.3 is 35.2 Å². The highest BCUT2D eigenvalue weighted by Gasteiger charge is 2.47. The molecule has 0 saturated carbocycles. The minimum Gasteiger partial charge on any atom is -0.504 e. The molecule has 1 saturated heterocycles. The summed E-state index contributed by atoms with van der Waals surface area (Å²) in [6.45, 7) is 0.504. The van der Waals surface area contributed by atoms with Crippen LogP contribution in [0, 0.1) is 0 Å². The van der Waals surface area contributed by atoms with Crippen LogP contribution in [0.5, 0.6) is 11.5 Å². The summed E-state index contributed by atoms with van der Waals surface area (Å²) in [6.07, 6.45) is -5.90. The molecule has 1 fully saturated rings. The monoisotopic (exact) mass is 443 g/mol. The van der Waals surface area contributed by atoms with Gasteiger partial charge in [0.25, 0.3) is 0 Å². The third kappa shape index (κ3) is 3.53. The van der Waals surface area contributed by atoms with E-state index in [4.69, 9.17) is 9.47 Å². The zero-order chi connectivity index (χ0) is 23.2. The van der Waals surface area contributed by atoms with Crippen molar-refractivity contribution >= 4 is 17.5 Å². The Hall–Kier alpha value is -3.31. The van der Waals surface area contributed by atoms with E-state index in [2.05, 4.69) is 5.32 Å². The predicted molar refractivity (Wildman–Crippen MR) is 107 cm³/mol. The molecule has 168 valence electrons. The Bertz CT molecular complexity index is 1100. The van der Waals surface area contributed by atoms with Gasteiger partial charge >= 0.3 is 0 Å². The van der Waals surface area contributed by atoms with E-state index in [1.807, 2.05) is 0 Å². The second-order valence-electron chi connectivity index (χ2n) is 7.59. The summed E-state index contributed by atoms with van der Waals surface area (Å²) in [5.74, 6) is -2.43. The maximum absolute atomic E-state index is 13.2. The number of phenols is 1. The molecule has 10 nitrogen and oxygen atoms in total. The predicted octanol–water partition coefficient (Wildman–Crippen LogP) is -0.510. The Kier molecular flexibility index (Phi) is 5.70. The zero-order valence-electron chi connectivity index (χ0n) is 16.9. The van der Waals surface area contributed by atoms with Crippen LogP contribution in [0.1, 0.15) is 38.8 Å². The normalized spacial score (nSPS) is 26.8. The standard InChI is InChI=1S/C22H21NO9/c1-9(25)23-16-20(30)19(29)14(8-24)31-22(16)32-21-13(26)7-6-12-15(21)18(28)11-5-3-2-4-10(11)17(12)27/h2-7,14,16,19-20,22,24,26,29-30H,8H2,1H3,(H,23,25)/t14-,16-,19-,20-,22+/m1/s1. The number of phenolic OH excluding ortho intramolecular Hbond substituents is 1. The molecule has 1 aliphatic carbocycles. The fraction of sp³-hybridized carbons (Fsp3) is 0.318. The molecule has 2 aliphatic rings. The Morgan fingerprint density at radius 3 is 2.31 bits per heavy atom. The number of ketones is 2. The Morgan fingerprint density at radius 2 is 1.69 bits per heavy atom. The number of hydrogen-bond donors (Lipinski definition) is 5. The van der Waals surface area contributed by atoms with Crippen LogP contribution >= 0.6 is 0 Å². The lowest BCUT2D eigenvalue weighted by molar-refractivity contribution is -0.244. The van der Waals surface area contributed by atoms with Gasteiger partial charge in [0.1, 0.15) is 24.4 Å². The molecular weight excluding hydrogens is 422 g/mol. The lowest BCUT2D eigenvalue weighted by Gasteiger charge is -2.42. The molecule has 0 aromatic heterocycles. The van der Waals surface area contributed by atoms with Gasteiger partial charge in [0.2, 0.25) is 12.2 Å². The van der Waals surface area contributed by atoms with Crippen molar-refractivity contribution in [2.24, 2.45) is 0 Å². The van der Waals surface area contributed by atoms with Gasteiger partial charge in [-0.1, -0.05) is 24.3 Å². The van der Waals surface area contributed by atoms with Crippen molar-refractivity contribution < 1.29 is 44.3 Å². The number of aliphatic hydroxyl groups is 3. The molecule has 0 unspecified atom stereocenters. The van der Waals surface area contributed by atoms with Crippen LogP contribution in [0.4, 0.5) is 0 Å². The van der Waals surface area contributed by atoms with E-state index in [1.165, 1.54) is 31.2 Å². The molecule has 0 spiro atoms. The fourth-order valence-corrected chi connectivity index (χ4v) is 3.95.